The molecule has 0 unspecified atom stereocenters. The van der Waals surface area contributed by atoms with Crippen LogP contribution in [0.5, 0.6) is 0 Å². The molecule has 4 N–H and O–H groups in total. The molecule has 0 amide bonds. The number of nitriles is 1. The molecule has 1 heterocycles. The van der Waals surface area contributed by atoms with E-state index in [1.807, 2.05) is 60.7 Å². The summed E-state index contributed by atoms with van der Waals surface area (Å²) < 4.78 is 1.54. The minimum Gasteiger partial charge on any atom is -0.394 e. The number of hydrogen-bond donors (Lipinski definition) is 2. The van der Waals surface area contributed by atoms with Crippen molar-refractivity contribution in [2.75, 3.05) is 11.5 Å². The van der Waals surface area contributed by atoms with Crippen molar-refractivity contribution in [3.05, 3.63) is 71.9 Å². The SMILES string of the molecule is N#C/C(=C\c1ccccc1)c1nn(-c2ccccc2)c(N)c1N. The summed E-state index contributed by atoms with van der Waals surface area (Å²) in [6.45, 7) is 0. The zero-order valence-electron chi connectivity index (χ0n) is 12.3. The average Bonchev–Trinajstić information content (AvgIpc) is 2.90. The van der Waals surface area contributed by atoms with Gasteiger partial charge in [-0.25, -0.2) is 4.68 Å². The fourth-order valence-electron chi connectivity index (χ4n) is 2.28. The predicted molar refractivity (Wildman–Crippen MR) is 92.3 cm³/mol. The molecule has 2 aromatic carbocycles. The topological polar surface area (TPSA) is 93.6 Å². The molecule has 0 aliphatic carbocycles. The van der Waals surface area contributed by atoms with E-state index < -0.39 is 0 Å². The van der Waals surface area contributed by atoms with Gasteiger partial charge in [0.1, 0.15) is 17.5 Å². The first kappa shape index (κ1) is 14.4. The van der Waals surface area contributed by atoms with Crippen LogP contribution in [-0.2, 0) is 0 Å². The van der Waals surface area contributed by atoms with Crippen molar-refractivity contribution < 1.29 is 0 Å². The van der Waals surface area contributed by atoms with E-state index in [-0.39, 0.29) is 0 Å². The van der Waals surface area contributed by atoms with Gasteiger partial charge in [0.25, 0.3) is 0 Å². The molecule has 0 bridgehead atoms. The molecule has 0 fully saturated rings. The van der Waals surface area contributed by atoms with E-state index in [0.717, 1.165) is 11.3 Å². The molecule has 0 aliphatic rings. The van der Waals surface area contributed by atoms with Gasteiger partial charge in [0, 0.05) is 0 Å². The number of rotatable bonds is 3. The van der Waals surface area contributed by atoms with Crippen LogP contribution in [0.1, 0.15) is 11.3 Å². The maximum absolute atomic E-state index is 9.47. The van der Waals surface area contributed by atoms with E-state index in [4.69, 9.17) is 11.5 Å². The fourth-order valence-corrected chi connectivity index (χ4v) is 2.28. The molecule has 5 nitrogen and oxygen atoms in total. The Labute approximate surface area is 134 Å². The summed E-state index contributed by atoms with van der Waals surface area (Å²) in [5.41, 5.74) is 14.9. The monoisotopic (exact) mass is 301 g/mol. The number of para-hydroxylation sites is 1. The molecule has 112 valence electrons. The highest BCUT2D eigenvalue weighted by Crippen LogP contribution is 2.29. The molecule has 0 saturated carbocycles. The van der Waals surface area contributed by atoms with Crippen LogP contribution in [0.4, 0.5) is 11.5 Å². The van der Waals surface area contributed by atoms with Crippen molar-refractivity contribution in [2.45, 2.75) is 0 Å². The minimum absolute atomic E-state index is 0.303. The van der Waals surface area contributed by atoms with Crippen LogP contribution < -0.4 is 11.5 Å². The lowest BCUT2D eigenvalue weighted by Gasteiger charge is -2.02. The molecule has 0 radical (unpaired) electrons. The van der Waals surface area contributed by atoms with Crippen LogP contribution in [0.3, 0.4) is 0 Å². The summed E-state index contributed by atoms with van der Waals surface area (Å²) in [6.07, 6.45) is 1.74. The van der Waals surface area contributed by atoms with Crippen molar-refractivity contribution in [1.29, 1.82) is 5.26 Å². The molecule has 0 spiro atoms. The van der Waals surface area contributed by atoms with Crippen LogP contribution in [0, 0.1) is 11.3 Å². The van der Waals surface area contributed by atoms with Gasteiger partial charge in [-0.15, -0.1) is 0 Å². The smallest absolute Gasteiger partial charge is 0.151 e. The van der Waals surface area contributed by atoms with Gasteiger partial charge in [-0.2, -0.15) is 10.4 Å². The molecule has 23 heavy (non-hydrogen) atoms. The van der Waals surface area contributed by atoms with E-state index >= 15 is 0 Å². The summed E-state index contributed by atoms with van der Waals surface area (Å²) in [6, 6.07) is 21.1. The largest absolute Gasteiger partial charge is 0.394 e. The van der Waals surface area contributed by atoms with Gasteiger partial charge in [0.2, 0.25) is 0 Å². The van der Waals surface area contributed by atoms with Gasteiger partial charge < -0.3 is 11.5 Å². The molecule has 5 heteroatoms. The summed E-state index contributed by atoms with van der Waals surface area (Å²) in [4.78, 5) is 0. The van der Waals surface area contributed by atoms with Crippen molar-refractivity contribution in [1.82, 2.24) is 9.78 Å². The van der Waals surface area contributed by atoms with Gasteiger partial charge in [-0.1, -0.05) is 48.5 Å². The lowest BCUT2D eigenvalue weighted by Crippen LogP contribution is -2.02. The van der Waals surface area contributed by atoms with Crippen LogP contribution in [-0.4, -0.2) is 9.78 Å². The number of nitrogens with two attached hydrogens (primary N) is 2. The number of allylic oxidation sites excluding steroid dienone is 1. The Bertz CT molecular complexity index is 886. The van der Waals surface area contributed by atoms with Crippen LogP contribution in [0.15, 0.2) is 60.7 Å². The Kier molecular flexibility index (Phi) is 3.81. The average molecular weight is 301 g/mol. The summed E-state index contributed by atoms with van der Waals surface area (Å²) in [5.74, 6) is 0.320. The van der Waals surface area contributed by atoms with Crippen molar-refractivity contribution >= 4 is 23.2 Å². The Morgan fingerprint density at radius 3 is 2.22 bits per heavy atom. The standard InChI is InChI=1S/C18H15N5/c19-12-14(11-13-7-3-1-4-8-13)17-16(20)18(21)23(22-17)15-9-5-2-6-10-15/h1-11H,20-21H2/b14-11+. The first-order valence-corrected chi connectivity index (χ1v) is 7.07. The summed E-state index contributed by atoms with van der Waals surface area (Å²) in [5, 5.41) is 13.9. The highest BCUT2D eigenvalue weighted by Gasteiger charge is 2.17. The predicted octanol–water partition coefficient (Wildman–Crippen LogP) is 3.10. The number of aromatic nitrogens is 2. The number of nitrogen functional groups attached to an aromatic ring is 2. The lowest BCUT2D eigenvalue weighted by molar-refractivity contribution is 0.885. The first-order valence-electron chi connectivity index (χ1n) is 7.07. The second-order valence-electron chi connectivity index (χ2n) is 4.98. The van der Waals surface area contributed by atoms with E-state index in [0.29, 0.717) is 22.8 Å². The Morgan fingerprint density at radius 2 is 1.61 bits per heavy atom. The second-order valence-corrected chi connectivity index (χ2v) is 4.98. The molecule has 1 aromatic heterocycles. The molecule has 0 atom stereocenters. The third-order valence-corrected chi connectivity index (χ3v) is 3.45. The Balaban J connectivity index is 2.10. The zero-order valence-corrected chi connectivity index (χ0v) is 12.3. The van der Waals surface area contributed by atoms with Crippen LogP contribution in [0.25, 0.3) is 17.3 Å². The van der Waals surface area contributed by atoms with Gasteiger partial charge >= 0.3 is 0 Å². The Hall–Kier alpha value is -3.52. The van der Waals surface area contributed by atoms with Gasteiger partial charge in [0.05, 0.1) is 11.3 Å². The fraction of sp³-hybridized carbons (Fsp3) is 0. The van der Waals surface area contributed by atoms with Crippen LogP contribution >= 0.6 is 0 Å². The number of benzene rings is 2. The molecule has 0 aliphatic heterocycles. The maximum Gasteiger partial charge on any atom is 0.151 e. The molecular formula is C18H15N5. The van der Waals surface area contributed by atoms with Gasteiger partial charge in [-0.05, 0) is 23.8 Å². The van der Waals surface area contributed by atoms with Crippen molar-refractivity contribution in [3.63, 3.8) is 0 Å². The first-order chi connectivity index (χ1) is 11.2. The van der Waals surface area contributed by atoms with Crippen LogP contribution in [0.2, 0.25) is 0 Å². The summed E-state index contributed by atoms with van der Waals surface area (Å²) >= 11 is 0. The summed E-state index contributed by atoms with van der Waals surface area (Å²) in [7, 11) is 0. The number of hydrogen-bond acceptors (Lipinski definition) is 4. The Morgan fingerprint density at radius 1 is 1.00 bits per heavy atom. The highest BCUT2D eigenvalue weighted by molar-refractivity contribution is 5.94. The van der Waals surface area contributed by atoms with Crippen molar-refractivity contribution in [3.8, 4) is 11.8 Å². The third kappa shape index (κ3) is 2.78. The maximum atomic E-state index is 9.47. The number of nitrogens with zero attached hydrogens (tertiary/aromatic N) is 3. The van der Waals surface area contributed by atoms with Crippen molar-refractivity contribution in [2.24, 2.45) is 0 Å². The highest BCUT2D eigenvalue weighted by atomic mass is 15.3. The van der Waals surface area contributed by atoms with E-state index in [9.17, 15) is 5.26 Å². The van der Waals surface area contributed by atoms with E-state index in [2.05, 4.69) is 11.2 Å². The normalized spacial score (nSPS) is 11.2. The van der Waals surface area contributed by atoms with Gasteiger partial charge in [-0.3, -0.25) is 0 Å². The molecular weight excluding hydrogens is 286 g/mol. The van der Waals surface area contributed by atoms with Gasteiger partial charge in [0.15, 0.2) is 5.82 Å². The van der Waals surface area contributed by atoms with E-state index in [1.54, 1.807) is 10.8 Å². The molecule has 0 saturated heterocycles. The van der Waals surface area contributed by atoms with E-state index in [1.165, 1.54) is 0 Å². The second kappa shape index (κ2) is 6.08. The number of anilines is 2. The lowest BCUT2D eigenvalue weighted by atomic mass is 10.1. The quantitative estimate of drug-likeness (QED) is 0.727. The zero-order chi connectivity index (χ0) is 16.2. The third-order valence-electron chi connectivity index (χ3n) is 3.45. The minimum atomic E-state index is 0.303. The molecule has 3 rings (SSSR count). The molecule has 3 aromatic rings.